The Labute approximate surface area is 209 Å². The van der Waals surface area contributed by atoms with Crippen molar-refractivity contribution in [3.63, 3.8) is 0 Å². The van der Waals surface area contributed by atoms with E-state index < -0.39 is 17.8 Å². The standard InChI is InChI=1S/C27H27N3O6/c1-4-34-21-13-11-20(12-14-21)27(33)36-23-15-10-19(16-24(23)35-5-2)17-28-30-26(32)25(31)29-22-9-7-6-8-18(22)3/h6-17H,4-5H2,1-3H3,(H,29,31)(H,30,32). The third-order valence-electron chi connectivity index (χ3n) is 4.85. The fourth-order valence-electron chi connectivity index (χ4n) is 3.08. The first kappa shape index (κ1) is 26.0. The number of para-hydroxylation sites is 1. The van der Waals surface area contributed by atoms with Gasteiger partial charge in [-0.25, -0.2) is 10.2 Å². The fourth-order valence-corrected chi connectivity index (χ4v) is 3.08. The molecular formula is C27H27N3O6. The Balaban J connectivity index is 1.63. The molecule has 36 heavy (non-hydrogen) atoms. The molecule has 2 N–H and O–H groups in total. The predicted molar refractivity (Wildman–Crippen MR) is 136 cm³/mol. The van der Waals surface area contributed by atoms with Crippen molar-refractivity contribution in [2.75, 3.05) is 18.5 Å². The van der Waals surface area contributed by atoms with Gasteiger partial charge in [0.15, 0.2) is 11.5 Å². The number of nitrogens with one attached hydrogen (secondary N) is 2. The number of ether oxygens (including phenoxy) is 3. The predicted octanol–water partition coefficient (Wildman–Crippen LogP) is 4.10. The van der Waals surface area contributed by atoms with Crippen LogP contribution in [-0.4, -0.2) is 37.2 Å². The molecule has 0 aliphatic heterocycles. The molecule has 0 radical (unpaired) electrons. The molecule has 0 unspecified atom stereocenters. The second kappa shape index (κ2) is 12.7. The Kier molecular flexibility index (Phi) is 9.16. The van der Waals surface area contributed by atoms with Gasteiger partial charge in [0.25, 0.3) is 0 Å². The molecule has 0 aliphatic carbocycles. The molecule has 3 aromatic carbocycles. The highest BCUT2D eigenvalue weighted by Crippen LogP contribution is 2.29. The molecule has 3 rings (SSSR count). The van der Waals surface area contributed by atoms with Crippen LogP contribution in [-0.2, 0) is 9.59 Å². The molecule has 3 aromatic rings. The van der Waals surface area contributed by atoms with E-state index in [1.165, 1.54) is 6.21 Å². The lowest BCUT2D eigenvalue weighted by Gasteiger charge is -2.11. The summed E-state index contributed by atoms with van der Waals surface area (Å²) in [7, 11) is 0. The summed E-state index contributed by atoms with van der Waals surface area (Å²) < 4.78 is 16.5. The average molecular weight is 490 g/mol. The Morgan fingerprint density at radius 3 is 2.28 bits per heavy atom. The van der Waals surface area contributed by atoms with Crippen LogP contribution in [0.5, 0.6) is 17.2 Å². The first-order chi connectivity index (χ1) is 17.4. The van der Waals surface area contributed by atoms with Crippen LogP contribution in [0, 0.1) is 6.92 Å². The number of carbonyl (C=O) groups is 3. The van der Waals surface area contributed by atoms with E-state index in [-0.39, 0.29) is 5.75 Å². The molecule has 2 amide bonds. The summed E-state index contributed by atoms with van der Waals surface area (Å²) in [6.07, 6.45) is 1.35. The monoisotopic (exact) mass is 489 g/mol. The maximum Gasteiger partial charge on any atom is 0.343 e. The van der Waals surface area contributed by atoms with E-state index in [1.807, 2.05) is 26.0 Å². The van der Waals surface area contributed by atoms with Gasteiger partial charge in [0.2, 0.25) is 0 Å². The van der Waals surface area contributed by atoms with Crippen molar-refractivity contribution in [1.82, 2.24) is 5.43 Å². The molecule has 9 heteroatoms. The summed E-state index contributed by atoms with van der Waals surface area (Å²) in [5, 5.41) is 6.36. The molecule has 0 fully saturated rings. The van der Waals surface area contributed by atoms with Gasteiger partial charge in [0.1, 0.15) is 5.75 Å². The number of esters is 1. The molecular weight excluding hydrogens is 462 g/mol. The van der Waals surface area contributed by atoms with Gasteiger partial charge in [0, 0.05) is 5.69 Å². The van der Waals surface area contributed by atoms with Crippen LogP contribution in [0.3, 0.4) is 0 Å². The lowest BCUT2D eigenvalue weighted by atomic mass is 10.2. The Bertz CT molecular complexity index is 1250. The second-order valence-electron chi connectivity index (χ2n) is 7.45. The minimum absolute atomic E-state index is 0.231. The zero-order chi connectivity index (χ0) is 25.9. The largest absolute Gasteiger partial charge is 0.494 e. The quantitative estimate of drug-likeness (QED) is 0.154. The van der Waals surface area contributed by atoms with Gasteiger partial charge < -0.3 is 19.5 Å². The summed E-state index contributed by atoms with van der Waals surface area (Å²) in [5.74, 6) is -1.09. The molecule has 0 atom stereocenters. The molecule has 186 valence electrons. The minimum atomic E-state index is -0.916. The number of hydrazone groups is 1. The topological polar surface area (TPSA) is 115 Å². The van der Waals surface area contributed by atoms with Crippen molar-refractivity contribution in [1.29, 1.82) is 0 Å². The lowest BCUT2D eigenvalue weighted by Crippen LogP contribution is -2.32. The number of benzene rings is 3. The molecule has 0 spiro atoms. The van der Waals surface area contributed by atoms with E-state index in [2.05, 4.69) is 15.8 Å². The first-order valence-electron chi connectivity index (χ1n) is 11.3. The van der Waals surface area contributed by atoms with Crippen molar-refractivity contribution < 1.29 is 28.6 Å². The van der Waals surface area contributed by atoms with Crippen LogP contribution < -0.4 is 25.0 Å². The Morgan fingerprint density at radius 1 is 0.861 bits per heavy atom. The summed E-state index contributed by atoms with van der Waals surface area (Å²) >= 11 is 0. The van der Waals surface area contributed by atoms with Crippen molar-refractivity contribution in [3.8, 4) is 17.2 Å². The van der Waals surface area contributed by atoms with Crippen LogP contribution in [0.25, 0.3) is 0 Å². The highest BCUT2D eigenvalue weighted by atomic mass is 16.6. The van der Waals surface area contributed by atoms with Crippen LogP contribution in [0.1, 0.15) is 35.3 Å². The average Bonchev–Trinajstić information content (AvgIpc) is 2.87. The summed E-state index contributed by atoms with van der Waals surface area (Å²) in [5.41, 5.74) is 4.47. The van der Waals surface area contributed by atoms with Crippen molar-refractivity contribution in [3.05, 3.63) is 83.4 Å². The van der Waals surface area contributed by atoms with Gasteiger partial charge in [-0.1, -0.05) is 18.2 Å². The van der Waals surface area contributed by atoms with Gasteiger partial charge in [-0.15, -0.1) is 0 Å². The van der Waals surface area contributed by atoms with Crippen LogP contribution in [0.15, 0.2) is 71.8 Å². The molecule has 0 saturated carbocycles. The second-order valence-corrected chi connectivity index (χ2v) is 7.45. The highest BCUT2D eigenvalue weighted by molar-refractivity contribution is 6.39. The van der Waals surface area contributed by atoms with Crippen molar-refractivity contribution >= 4 is 29.7 Å². The molecule has 0 bridgehead atoms. The number of anilines is 1. The van der Waals surface area contributed by atoms with E-state index in [0.29, 0.717) is 41.5 Å². The minimum Gasteiger partial charge on any atom is -0.494 e. The van der Waals surface area contributed by atoms with Crippen molar-refractivity contribution in [2.45, 2.75) is 20.8 Å². The normalized spacial score (nSPS) is 10.5. The molecule has 0 saturated heterocycles. The number of amides is 2. The van der Waals surface area contributed by atoms with Crippen LogP contribution in [0.4, 0.5) is 5.69 Å². The van der Waals surface area contributed by atoms with Crippen molar-refractivity contribution in [2.24, 2.45) is 5.10 Å². The maximum atomic E-state index is 12.6. The van der Waals surface area contributed by atoms with E-state index >= 15 is 0 Å². The summed E-state index contributed by atoms with van der Waals surface area (Å²) in [4.78, 5) is 36.7. The number of carbonyl (C=O) groups excluding carboxylic acids is 3. The van der Waals surface area contributed by atoms with E-state index in [0.717, 1.165) is 5.56 Å². The Morgan fingerprint density at radius 2 is 1.58 bits per heavy atom. The lowest BCUT2D eigenvalue weighted by molar-refractivity contribution is -0.136. The Hall–Kier alpha value is -4.66. The number of hydrogen-bond donors (Lipinski definition) is 2. The summed E-state index contributed by atoms with van der Waals surface area (Å²) in [6.45, 7) is 6.36. The SMILES string of the molecule is CCOc1ccc(C(=O)Oc2ccc(C=NNC(=O)C(=O)Nc3ccccc3C)cc2OCC)cc1. The van der Waals surface area contributed by atoms with Gasteiger partial charge in [0.05, 0.1) is 25.0 Å². The number of nitrogens with zero attached hydrogens (tertiary/aromatic N) is 1. The van der Waals surface area contributed by atoms with Gasteiger partial charge >= 0.3 is 17.8 Å². The summed E-state index contributed by atoms with van der Waals surface area (Å²) in [6, 6.07) is 18.5. The van der Waals surface area contributed by atoms with Crippen LogP contribution >= 0.6 is 0 Å². The third-order valence-corrected chi connectivity index (χ3v) is 4.85. The number of rotatable bonds is 9. The van der Waals surface area contributed by atoms with E-state index in [4.69, 9.17) is 14.2 Å². The molecule has 0 aliphatic rings. The zero-order valence-electron chi connectivity index (χ0n) is 20.2. The zero-order valence-corrected chi connectivity index (χ0v) is 20.2. The number of aryl methyl sites for hydroxylation is 1. The smallest absolute Gasteiger partial charge is 0.343 e. The van der Waals surface area contributed by atoms with Gasteiger partial charge in [-0.3, -0.25) is 9.59 Å². The maximum absolute atomic E-state index is 12.6. The van der Waals surface area contributed by atoms with Crippen LogP contribution in [0.2, 0.25) is 0 Å². The third kappa shape index (κ3) is 7.17. The first-order valence-corrected chi connectivity index (χ1v) is 11.3. The van der Waals surface area contributed by atoms with Gasteiger partial charge in [-0.2, -0.15) is 5.10 Å². The molecule has 9 nitrogen and oxygen atoms in total. The van der Waals surface area contributed by atoms with E-state index in [9.17, 15) is 14.4 Å². The molecule has 0 heterocycles. The fraction of sp³-hybridized carbons (Fsp3) is 0.185. The molecule has 0 aromatic heterocycles. The highest BCUT2D eigenvalue weighted by Gasteiger charge is 2.15. The van der Waals surface area contributed by atoms with Gasteiger partial charge in [-0.05, 0) is 80.4 Å². The van der Waals surface area contributed by atoms with E-state index in [1.54, 1.807) is 61.5 Å². The number of hydrogen-bond acceptors (Lipinski definition) is 7.